The van der Waals surface area contributed by atoms with Crippen LogP contribution in [0.1, 0.15) is 43.5 Å². The molecule has 2 saturated heterocycles. The summed E-state index contributed by atoms with van der Waals surface area (Å²) in [5.74, 6) is 1.62. The number of anilines is 1. The third-order valence-electron chi connectivity index (χ3n) is 5.22. The summed E-state index contributed by atoms with van der Waals surface area (Å²) < 4.78 is 23.5. The van der Waals surface area contributed by atoms with Crippen molar-refractivity contribution in [2.45, 2.75) is 39.2 Å². The van der Waals surface area contributed by atoms with E-state index < -0.39 is 9.84 Å². The highest BCUT2D eigenvalue weighted by atomic mass is 32.2. The molecular weight excluding hydrogens is 338 g/mol. The van der Waals surface area contributed by atoms with Crippen LogP contribution in [0.25, 0.3) is 0 Å². The van der Waals surface area contributed by atoms with Crippen molar-refractivity contribution in [1.82, 2.24) is 9.88 Å². The fraction of sp³-hybridized carbons (Fsp3) is 0.667. The Morgan fingerprint density at radius 2 is 2.20 bits per heavy atom. The molecule has 0 saturated carbocycles. The molecule has 0 bridgehead atoms. The Hall–Kier alpha value is -1.63. The quantitative estimate of drug-likeness (QED) is 0.816. The minimum Gasteiger partial charge on any atom is -0.356 e. The van der Waals surface area contributed by atoms with Crippen LogP contribution in [-0.2, 0) is 9.84 Å². The second-order valence-corrected chi connectivity index (χ2v) is 9.47. The second kappa shape index (κ2) is 7.32. The predicted octanol–water partition coefficient (Wildman–Crippen LogP) is 1.97. The molecule has 6 nitrogen and oxygen atoms in total. The Morgan fingerprint density at radius 3 is 2.84 bits per heavy atom. The van der Waals surface area contributed by atoms with Crippen molar-refractivity contribution >= 4 is 21.6 Å². The Balaban J connectivity index is 1.78. The molecule has 2 aliphatic rings. The molecule has 2 unspecified atom stereocenters. The minimum absolute atomic E-state index is 0.0775. The number of carbonyl (C=O) groups is 1. The van der Waals surface area contributed by atoms with E-state index in [4.69, 9.17) is 0 Å². The Labute approximate surface area is 150 Å². The third kappa shape index (κ3) is 4.14. The van der Waals surface area contributed by atoms with Crippen LogP contribution in [0.2, 0.25) is 0 Å². The zero-order valence-corrected chi connectivity index (χ0v) is 15.8. The number of nitrogens with zero attached hydrogens (tertiary/aromatic N) is 3. The molecule has 1 aromatic heterocycles. The maximum atomic E-state index is 13.0. The van der Waals surface area contributed by atoms with Crippen LogP contribution in [-0.4, -0.2) is 61.4 Å². The lowest BCUT2D eigenvalue weighted by atomic mass is 10.0. The Bertz CT molecular complexity index is 735. The molecule has 3 rings (SSSR count). The fourth-order valence-corrected chi connectivity index (χ4v) is 5.61. The normalized spacial score (nSPS) is 25.8. The van der Waals surface area contributed by atoms with Gasteiger partial charge in [-0.25, -0.2) is 13.4 Å². The van der Waals surface area contributed by atoms with Gasteiger partial charge in [-0.2, -0.15) is 0 Å². The summed E-state index contributed by atoms with van der Waals surface area (Å²) in [6.45, 7) is 6.57. The molecule has 2 fully saturated rings. The van der Waals surface area contributed by atoms with Crippen LogP contribution in [0, 0.1) is 5.92 Å². The zero-order valence-electron chi connectivity index (χ0n) is 15.0. The van der Waals surface area contributed by atoms with Gasteiger partial charge in [0.15, 0.2) is 9.84 Å². The molecule has 0 aromatic carbocycles. The number of amides is 1. The van der Waals surface area contributed by atoms with Gasteiger partial charge in [0.1, 0.15) is 5.82 Å². The average Bonchev–Trinajstić information content (AvgIpc) is 2.95. The van der Waals surface area contributed by atoms with Gasteiger partial charge in [-0.05, 0) is 44.2 Å². The molecule has 2 atom stereocenters. The molecule has 3 heterocycles. The predicted molar refractivity (Wildman–Crippen MR) is 98.6 cm³/mol. The zero-order chi connectivity index (χ0) is 18.0. The van der Waals surface area contributed by atoms with Crippen molar-refractivity contribution in [3.8, 4) is 0 Å². The summed E-state index contributed by atoms with van der Waals surface area (Å²) in [6.07, 6.45) is 4.58. The first-order chi connectivity index (χ1) is 11.9. The van der Waals surface area contributed by atoms with E-state index in [1.54, 1.807) is 17.2 Å². The summed E-state index contributed by atoms with van der Waals surface area (Å²) in [7, 11) is -3.01. The van der Waals surface area contributed by atoms with Crippen LogP contribution in [0.15, 0.2) is 18.3 Å². The van der Waals surface area contributed by atoms with E-state index in [1.165, 1.54) is 6.42 Å². The lowest BCUT2D eigenvalue weighted by Crippen LogP contribution is -2.41. The highest BCUT2D eigenvalue weighted by Gasteiger charge is 2.34. The number of piperidine rings is 1. The van der Waals surface area contributed by atoms with E-state index in [1.807, 2.05) is 13.0 Å². The van der Waals surface area contributed by atoms with Gasteiger partial charge < -0.3 is 9.80 Å². The number of hydrogen-bond donors (Lipinski definition) is 0. The first-order valence-corrected chi connectivity index (χ1v) is 10.9. The number of sulfone groups is 1. The smallest absolute Gasteiger partial charge is 0.254 e. The van der Waals surface area contributed by atoms with Crippen molar-refractivity contribution in [3.63, 3.8) is 0 Å². The third-order valence-corrected chi connectivity index (χ3v) is 6.97. The van der Waals surface area contributed by atoms with Crippen LogP contribution >= 0.6 is 0 Å². The van der Waals surface area contributed by atoms with Gasteiger partial charge in [0.05, 0.1) is 11.5 Å². The summed E-state index contributed by atoms with van der Waals surface area (Å²) in [5.41, 5.74) is 0.592. The maximum absolute atomic E-state index is 13.0. The first-order valence-electron chi connectivity index (χ1n) is 9.12. The molecule has 0 N–H and O–H groups in total. The lowest BCUT2D eigenvalue weighted by Gasteiger charge is -2.32. The number of rotatable bonds is 4. The van der Waals surface area contributed by atoms with Gasteiger partial charge >= 0.3 is 0 Å². The van der Waals surface area contributed by atoms with E-state index in [9.17, 15) is 13.2 Å². The molecule has 2 aliphatic heterocycles. The average molecular weight is 365 g/mol. The van der Waals surface area contributed by atoms with Crippen molar-refractivity contribution in [2.24, 2.45) is 5.92 Å². The van der Waals surface area contributed by atoms with Gasteiger partial charge in [0.25, 0.3) is 5.91 Å². The van der Waals surface area contributed by atoms with Gasteiger partial charge in [-0.1, -0.05) is 6.92 Å². The van der Waals surface area contributed by atoms with E-state index in [2.05, 4.69) is 16.8 Å². The van der Waals surface area contributed by atoms with E-state index in [0.717, 1.165) is 25.3 Å². The molecule has 138 valence electrons. The molecule has 1 amide bonds. The van der Waals surface area contributed by atoms with E-state index in [0.29, 0.717) is 24.4 Å². The minimum atomic E-state index is -3.01. The van der Waals surface area contributed by atoms with Gasteiger partial charge in [0, 0.05) is 37.4 Å². The van der Waals surface area contributed by atoms with Crippen LogP contribution in [0.4, 0.5) is 5.82 Å². The SMILES string of the molecule is CCN(C(=O)c1ccnc(N2CCCC(C)C2)c1)C1CCS(=O)(=O)C1. The molecule has 25 heavy (non-hydrogen) atoms. The largest absolute Gasteiger partial charge is 0.356 e. The summed E-state index contributed by atoms with van der Waals surface area (Å²) in [4.78, 5) is 21.3. The molecule has 0 radical (unpaired) electrons. The van der Waals surface area contributed by atoms with Gasteiger partial charge in [-0.15, -0.1) is 0 Å². The van der Waals surface area contributed by atoms with Crippen LogP contribution < -0.4 is 4.90 Å². The van der Waals surface area contributed by atoms with E-state index >= 15 is 0 Å². The van der Waals surface area contributed by atoms with Crippen molar-refractivity contribution in [3.05, 3.63) is 23.9 Å². The van der Waals surface area contributed by atoms with E-state index in [-0.39, 0.29) is 23.5 Å². The number of pyridine rings is 1. The summed E-state index contributed by atoms with van der Waals surface area (Å²) in [5, 5.41) is 0. The monoisotopic (exact) mass is 365 g/mol. The van der Waals surface area contributed by atoms with Crippen LogP contribution in [0.5, 0.6) is 0 Å². The molecular formula is C18H27N3O3S. The number of aromatic nitrogens is 1. The number of carbonyl (C=O) groups excluding carboxylic acids is 1. The Kier molecular flexibility index (Phi) is 5.32. The number of hydrogen-bond acceptors (Lipinski definition) is 5. The van der Waals surface area contributed by atoms with Crippen molar-refractivity contribution < 1.29 is 13.2 Å². The standard InChI is InChI=1S/C18H27N3O3S/c1-3-21(16-7-10-25(23,24)13-16)18(22)15-6-8-19-17(11-15)20-9-4-5-14(2)12-20/h6,8,11,14,16H,3-5,7,9-10,12-13H2,1-2H3. The second-order valence-electron chi connectivity index (χ2n) is 7.24. The molecule has 7 heteroatoms. The summed E-state index contributed by atoms with van der Waals surface area (Å²) >= 11 is 0. The first kappa shape index (κ1) is 18.2. The van der Waals surface area contributed by atoms with Gasteiger partial charge in [-0.3, -0.25) is 4.79 Å². The maximum Gasteiger partial charge on any atom is 0.254 e. The highest BCUT2D eigenvalue weighted by Crippen LogP contribution is 2.24. The highest BCUT2D eigenvalue weighted by molar-refractivity contribution is 7.91. The van der Waals surface area contributed by atoms with Gasteiger partial charge in [0.2, 0.25) is 0 Å². The molecule has 0 spiro atoms. The van der Waals surface area contributed by atoms with Crippen molar-refractivity contribution in [2.75, 3.05) is 36.0 Å². The summed E-state index contributed by atoms with van der Waals surface area (Å²) in [6, 6.07) is 3.37. The van der Waals surface area contributed by atoms with Crippen LogP contribution in [0.3, 0.4) is 0 Å². The Morgan fingerprint density at radius 1 is 1.40 bits per heavy atom. The molecule has 0 aliphatic carbocycles. The topological polar surface area (TPSA) is 70.6 Å². The lowest BCUT2D eigenvalue weighted by molar-refractivity contribution is 0.0708. The molecule has 1 aromatic rings. The van der Waals surface area contributed by atoms with Crippen molar-refractivity contribution in [1.29, 1.82) is 0 Å². The fourth-order valence-electron chi connectivity index (χ4n) is 3.88.